The zero-order chi connectivity index (χ0) is 14.8. The Kier molecular flexibility index (Phi) is 4.79. The normalized spacial score (nSPS) is 11.8. The van der Waals surface area contributed by atoms with Gasteiger partial charge in [-0.15, -0.1) is 11.3 Å². The molecule has 2 heterocycles. The van der Waals surface area contributed by atoms with E-state index < -0.39 is 10.0 Å². The van der Waals surface area contributed by atoms with Crippen LogP contribution in [0.4, 0.5) is 5.69 Å². The maximum atomic E-state index is 12.5. The predicted molar refractivity (Wildman–Crippen MR) is 84.5 cm³/mol. The predicted octanol–water partition coefficient (Wildman–Crippen LogP) is 2.77. The number of sulfonamides is 1. The average molecular weight is 376 g/mol. The van der Waals surface area contributed by atoms with Gasteiger partial charge in [-0.2, -0.15) is 4.31 Å². The largest absolute Gasteiger partial charge is 0.386 e. The van der Waals surface area contributed by atoms with Crippen LogP contribution in [0.1, 0.15) is 4.88 Å². The van der Waals surface area contributed by atoms with Crippen molar-refractivity contribution < 1.29 is 8.42 Å². The van der Waals surface area contributed by atoms with Gasteiger partial charge in [-0.1, -0.05) is 0 Å². The van der Waals surface area contributed by atoms with E-state index in [1.807, 2.05) is 11.4 Å². The molecule has 0 spiro atoms. The van der Waals surface area contributed by atoms with E-state index in [0.717, 1.165) is 9.35 Å². The highest BCUT2D eigenvalue weighted by Gasteiger charge is 2.25. The van der Waals surface area contributed by atoms with Crippen molar-refractivity contribution in [2.45, 2.75) is 11.6 Å². The van der Waals surface area contributed by atoms with Crippen molar-refractivity contribution in [3.05, 3.63) is 39.1 Å². The van der Waals surface area contributed by atoms with Crippen molar-refractivity contribution in [1.29, 1.82) is 0 Å². The van der Waals surface area contributed by atoms with E-state index in [1.54, 1.807) is 26.2 Å². The molecule has 0 aromatic carbocycles. The molecule has 2 aromatic heterocycles. The lowest BCUT2D eigenvalue weighted by Gasteiger charge is -2.17. The molecule has 0 saturated heterocycles. The fourth-order valence-electron chi connectivity index (χ4n) is 1.68. The third-order valence-electron chi connectivity index (χ3n) is 2.70. The molecule has 0 aliphatic rings. The van der Waals surface area contributed by atoms with Gasteiger partial charge in [-0.3, -0.25) is 0 Å². The van der Waals surface area contributed by atoms with Gasteiger partial charge in [-0.25, -0.2) is 13.4 Å². The second kappa shape index (κ2) is 6.21. The lowest BCUT2D eigenvalue weighted by molar-refractivity contribution is 0.467. The number of hydrogen-bond donors (Lipinski definition) is 1. The van der Waals surface area contributed by atoms with Gasteiger partial charge in [0.2, 0.25) is 0 Å². The first-order valence-electron chi connectivity index (χ1n) is 5.77. The zero-order valence-electron chi connectivity index (χ0n) is 11.0. The van der Waals surface area contributed by atoms with Crippen LogP contribution in [0.5, 0.6) is 0 Å². The highest BCUT2D eigenvalue weighted by atomic mass is 79.9. The van der Waals surface area contributed by atoms with E-state index >= 15 is 0 Å². The number of pyridine rings is 1. The van der Waals surface area contributed by atoms with E-state index in [-0.39, 0.29) is 5.03 Å². The zero-order valence-corrected chi connectivity index (χ0v) is 14.2. The van der Waals surface area contributed by atoms with Crippen molar-refractivity contribution in [2.75, 3.05) is 19.4 Å². The van der Waals surface area contributed by atoms with Crippen LogP contribution in [0.2, 0.25) is 0 Å². The monoisotopic (exact) mass is 375 g/mol. The minimum Gasteiger partial charge on any atom is -0.386 e. The van der Waals surface area contributed by atoms with Gasteiger partial charge < -0.3 is 5.32 Å². The molecule has 5 nitrogen and oxygen atoms in total. The van der Waals surface area contributed by atoms with Gasteiger partial charge >= 0.3 is 0 Å². The fraction of sp³-hybridized carbons (Fsp3) is 0.250. The number of aromatic nitrogens is 1. The number of rotatable bonds is 5. The van der Waals surface area contributed by atoms with E-state index in [9.17, 15) is 8.42 Å². The van der Waals surface area contributed by atoms with Crippen LogP contribution in [-0.2, 0) is 16.6 Å². The molecule has 2 rings (SSSR count). The van der Waals surface area contributed by atoms with Crippen LogP contribution in [0, 0.1) is 0 Å². The molecule has 108 valence electrons. The molecule has 0 unspecified atom stereocenters. The summed E-state index contributed by atoms with van der Waals surface area (Å²) in [4.78, 5) is 4.95. The number of nitrogens with one attached hydrogen (secondary N) is 1. The minimum absolute atomic E-state index is 0.0422. The van der Waals surface area contributed by atoms with Crippen molar-refractivity contribution in [2.24, 2.45) is 0 Å². The molecule has 0 aliphatic heterocycles. The van der Waals surface area contributed by atoms with Gasteiger partial charge in [0, 0.05) is 41.6 Å². The Hall–Kier alpha value is -0.960. The quantitative estimate of drug-likeness (QED) is 0.872. The summed E-state index contributed by atoms with van der Waals surface area (Å²) in [6.07, 6.45) is 1.48. The standard InChI is InChI=1S/C12H14BrN3O2S2/c1-14-11-4-3-5-15-12(11)20(17,18)16(2)7-10-6-9(13)8-19-10/h3-6,8,14H,7H2,1-2H3. The molecule has 8 heteroatoms. The third-order valence-corrected chi connectivity index (χ3v) is 6.14. The number of hydrogen-bond acceptors (Lipinski definition) is 5. The van der Waals surface area contributed by atoms with Crippen LogP contribution in [0.3, 0.4) is 0 Å². The summed E-state index contributed by atoms with van der Waals surface area (Å²) in [5, 5.41) is 4.82. The van der Waals surface area contributed by atoms with Crippen molar-refractivity contribution in [3.63, 3.8) is 0 Å². The maximum absolute atomic E-state index is 12.5. The summed E-state index contributed by atoms with van der Waals surface area (Å²) >= 11 is 4.87. The fourth-order valence-corrected chi connectivity index (χ4v) is 4.51. The lowest BCUT2D eigenvalue weighted by Crippen LogP contribution is -2.27. The minimum atomic E-state index is -3.62. The van der Waals surface area contributed by atoms with Crippen LogP contribution >= 0.6 is 27.3 Å². The molecular formula is C12H14BrN3O2S2. The SMILES string of the molecule is CNc1cccnc1S(=O)(=O)N(C)Cc1cc(Br)cs1. The summed E-state index contributed by atoms with van der Waals surface area (Å²) in [5.41, 5.74) is 0.492. The number of thiophene rings is 1. The Bertz CT molecular complexity index is 700. The summed E-state index contributed by atoms with van der Waals surface area (Å²) in [6, 6.07) is 5.30. The Morgan fingerprint density at radius 1 is 1.50 bits per heavy atom. The van der Waals surface area contributed by atoms with Crippen LogP contribution in [0.15, 0.2) is 39.3 Å². The van der Waals surface area contributed by atoms with Gasteiger partial charge in [0.1, 0.15) is 0 Å². The topological polar surface area (TPSA) is 62.3 Å². The van der Waals surface area contributed by atoms with E-state index in [4.69, 9.17) is 0 Å². The summed E-state index contributed by atoms with van der Waals surface area (Å²) in [7, 11) is -0.394. The molecule has 0 bridgehead atoms. The van der Waals surface area contributed by atoms with Gasteiger partial charge in [0.15, 0.2) is 5.03 Å². The van der Waals surface area contributed by atoms with Crippen LogP contribution in [0.25, 0.3) is 0 Å². The van der Waals surface area contributed by atoms with E-state index in [0.29, 0.717) is 12.2 Å². The summed E-state index contributed by atoms with van der Waals surface area (Å²) in [6.45, 7) is 0.318. The van der Waals surface area contributed by atoms with Crippen LogP contribution < -0.4 is 5.32 Å². The van der Waals surface area contributed by atoms with E-state index in [2.05, 4.69) is 26.2 Å². The molecule has 0 saturated carbocycles. The summed E-state index contributed by atoms with van der Waals surface area (Å²) < 4.78 is 27.3. The van der Waals surface area contributed by atoms with E-state index in [1.165, 1.54) is 21.8 Å². The second-order valence-corrected chi connectivity index (χ2v) is 7.97. The first-order valence-corrected chi connectivity index (χ1v) is 8.88. The number of nitrogens with zero attached hydrogens (tertiary/aromatic N) is 2. The Labute approximate surface area is 130 Å². The van der Waals surface area contributed by atoms with Gasteiger partial charge in [-0.05, 0) is 34.1 Å². The van der Waals surface area contributed by atoms with Crippen molar-refractivity contribution in [3.8, 4) is 0 Å². The Balaban J connectivity index is 2.29. The molecule has 2 aromatic rings. The third kappa shape index (κ3) is 3.20. The molecule has 0 amide bonds. The highest BCUT2D eigenvalue weighted by Crippen LogP contribution is 2.25. The lowest BCUT2D eigenvalue weighted by atomic mass is 10.4. The molecule has 0 atom stereocenters. The van der Waals surface area contributed by atoms with Crippen LogP contribution in [-0.4, -0.2) is 31.8 Å². The smallest absolute Gasteiger partial charge is 0.262 e. The van der Waals surface area contributed by atoms with Gasteiger partial charge in [0.25, 0.3) is 10.0 Å². The molecule has 1 N–H and O–H groups in total. The number of halogens is 1. The molecule has 0 aliphatic carbocycles. The Morgan fingerprint density at radius 2 is 2.25 bits per heavy atom. The molecule has 20 heavy (non-hydrogen) atoms. The maximum Gasteiger partial charge on any atom is 0.262 e. The first kappa shape index (κ1) is 15.4. The first-order chi connectivity index (χ1) is 9.45. The highest BCUT2D eigenvalue weighted by molar-refractivity contribution is 9.10. The van der Waals surface area contributed by atoms with Crippen molar-refractivity contribution >= 4 is 43.0 Å². The molecule has 0 fully saturated rings. The summed E-state index contributed by atoms with van der Waals surface area (Å²) in [5.74, 6) is 0. The second-order valence-electron chi connectivity index (χ2n) is 4.10. The van der Waals surface area contributed by atoms with Gasteiger partial charge in [0.05, 0.1) is 5.69 Å². The molecular weight excluding hydrogens is 362 g/mol. The number of anilines is 1. The van der Waals surface area contributed by atoms with Crippen molar-refractivity contribution in [1.82, 2.24) is 9.29 Å². The molecule has 0 radical (unpaired) electrons. The average Bonchev–Trinajstić information content (AvgIpc) is 2.84. The Morgan fingerprint density at radius 3 is 2.85 bits per heavy atom.